The van der Waals surface area contributed by atoms with Gasteiger partial charge in [0.1, 0.15) is 5.84 Å². The number of hydrogen-bond donors (Lipinski definition) is 3. The highest BCUT2D eigenvalue weighted by Gasteiger charge is 2.06. The van der Waals surface area contributed by atoms with E-state index in [9.17, 15) is 4.79 Å². The van der Waals surface area contributed by atoms with Gasteiger partial charge >= 0.3 is 0 Å². The van der Waals surface area contributed by atoms with E-state index in [-0.39, 0.29) is 11.7 Å². The van der Waals surface area contributed by atoms with Crippen molar-refractivity contribution in [3.05, 3.63) is 34.9 Å². The number of oxime groups is 1. The van der Waals surface area contributed by atoms with Crippen molar-refractivity contribution in [1.82, 2.24) is 5.32 Å². The third-order valence-electron chi connectivity index (χ3n) is 2.92. The van der Waals surface area contributed by atoms with E-state index in [2.05, 4.69) is 10.5 Å². The van der Waals surface area contributed by atoms with Gasteiger partial charge in [0.15, 0.2) is 0 Å². The molecule has 0 atom stereocenters. The zero-order chi connectivity index (χ0) is 14.3. The molecule has 0 heterocycles. The van der Waals surface area contributed by atoms with Crippen LogP contribution in [0.4, 0.5) is 0 Å². The van der Waals surface area contributed by atoms with Crippen LogP contribution in [0.25, 0.3) is 0 Å². The Morgan fingerprint density at radius 1 is 1.42 bits per heavy atom. The van der Waals surface area contributed by atoms with Crippen LogP contribution in [0.15, 0.2) is 23.4 Å². The highest BCUT2D eigenvalue weighted by molar-refractivity contribution is 5.80. The summed E-state index contributed by atoms with van der Waals surface area (Å²) in [5, 5.41) is 14.1. The minimum atomic E-state index is -0.00629. The van der Waals surface area contributed by atoms with E-state index in [0.717, 1.165) is 16.7 Å². The van der Waals surface area contributed by atoms with Crippen LogP contribution in [0.3, 0.4) is 0 Å². The molecule has 1 aromatic rings. The Hall–Kier alpha value is -2.04. The molecule has 0 fully saturated rings. The number of rotatable bonds is 6. The Morgan fingerprint density at radius 2 is 2.16 bits per heavy atom. The van der Waals surface area contributed by atoms with Crippen LogP contribution in [-0.2, 0) is 11.2 Å². The van der Waals surface area contributed by atoms with E-state index in [4.69, 9.17) is 10.9 Å². The summed E-state index contributed by atoms with van der Waals surface area (Å²) in [6.07, 6.45) is 1.52. The van der Waals surface area contributed by atoms with Crippen LogP contribution in [0.2, 0.25) is 0 Å². The van der Waals surface area contributed by atoms with Crippen LogP contribution in [0, 0.1) is 13.8 Å². The van der Waals surface area contributed by atoms with Crippen LogP contribution >= 0.6 is 0 Å². The maximum absolute atomic E-state index is 11.8. The van der Waals surface area contributed by atoms with Gasteiger partial charge in [-0.05, 0) is 31.4 Å². The fourth-order valence-electron chi connectivity index (χ4n) is 1.77. The number of carbonyl (C=O) groups is 1. The molecular weight excluding hydrogens is 242 g/mol. The molecule has 104 valence electrons. The van der Waals surface area contributed by atoms with Crippen LogP contribution in [0.1, 0.15) is 29.5 Å². The summed E-state index contributed by atoms with van der Waals surface area (Å²) in [5.74, 6) is 0.178. The lowest BCUT2D eigenvalue weighted by Gasteiger charge is -2.08. The summed E-state index contributed by atoms with van der Waals surface area (Å²) in [7, 11) is 0. The maximum atomic E-state index is 11.8. The van der Waals surface area contributed by atoms with E-state index in [1.807, 2.05) is 32.0 Å². The SMILES string of the molecule is Cc1ccc(C)c(CC(=O)NCCCC(N)=NO)c1. The molecule has 19 heavy (non-hydrogen) atoms. The Bertz CT molecular complexity index is 470. The van der Waals surface area contributed by atoms with Gasteiger partial charge in [-0.15, -0.1) is 0 Å². The van der Waals surface area contributed by atoms with Crippen molar-refractivity contribution in [2.45, 2.75) is 33.1 Å². The first-order valence-electron chi connectivity index (χ1n) is 6.32. The van der Waals surface area contributed by atoms with E-state index < -0.39 is 0 Å². The van der Waals surface area contributed by atoms with Crippen LogP contribution in [0.5, 0.6) is 0 Å². The molecule has 5 nitrogen and oxygen atoms in total. The molecule has 0 spiro atoms. The molecule has 1 rings (SSSR count). The number of aryl methyl sites for hydroxylation is 2. The zero-order valence-corrected chi connectivity index (χ0v) is 11.4. The van der Waals surface area contributed by atoms with Crippen molar-refractivity contribution in [1.29, 1.82) is 0 Å². The Labute approximate surface area is 113 Å². The first-order chi connectivity index (χ1) is 9.02. The lowest BCUT2D eigenvalue weighted by atomic mass is 10.0. The molecule has 0 aliphatic carbocycles. The normalized spacial score (nSPS) is 11.4. The second-order valence-corrected chi connectivity index (χ2v) is 4.65. The predicted octanol–water partition coefficient (Wildman–Crippen LogP) is 1.49. The summed E-state index contributed by atoms with van der Waals surface area (Å²) >= 11 is 0. The van der Waals surface area contributed by atoms with Gasteiger partial charge in [-0.3, -0.25) is 4.79 Å². The molecule has 0 aliphatic rings. The maximum Gasteiger partial charge on any atom is 0.224 e. The Kier molecular flexibility index (Phi) is 5.85. The molecule has 0 aliphatic heterocycles. The molecule has 0 radical (unpaired) electrons. The van der Waals surface area contributed by atoms with Gasteiger partial charge in [0.2, 0.25) is 5.91 Å². The molecular formula is C14H21N3O2. The minimum Gasteiger partial charge on any atom is -0.409 e. The molecule has 0 aromatic heterocycles. The summed E-state index contributed by atoms with van der Waals surface area (Å²) in [6, 6.07) is 6.09. The topological polar surface area (TPSA) is 87.7 Å². The van der Waals surface area contributed by atoms with Crippen molar-refractivity contribution in [2.24, 2.45) is 10.9 Å². The number of hydrogen-bond acceptors (Lipinski definition) is 3. The zero-order valence-electron chi connectivity index (χ0n) is 11.4. The van der Waals surface area contributed by atoms with Gasteiger partial charge in [-0.2, -0.15) is 0 Å². The highest BCUT2D eigenvalue weighted by Crippen LogP contribution is 2.11. The van der Waals surface area contributed by atoms with E-state index >= 15 is 0 Å². The minimum absolute atomic E-state index is 0.00629. The number of amidine groups is 1. The standard InChI is InChI=1S/C14H21N3O2/c1-10-5-6-11(2)12(8-10)9-14(18)16-7-3-4-13(15)17-19/h5-6,8,19H,3-4,7,9H2,1-2H3,(H2,15,17)(H,16,18). The van der Waals surface area contributed by atoms with E-state index in [1.54, 1.807) is 0 Å². The summed E-state index contributed by atoms with van der Waals surface area (Å²) in [5.41, 5.74) is 8.66. The van der Waals surface area contributed by atoms with Gasteiger partial charge in [0, 0.05) is 13.0 Å². The molecule has 0 saturated heterocycles. The second-order valence-electron chi connectivity index (χ2n) is 4.65. The largest absolute Gasteiger partial charge is 0.409 e. The second kappa shape index (κ2) is 7.41. The molecule has 4 N–H and O–H groups in total. The number of nitrogens with zero attached hydrogens (tertiary/aromatic N) is 1. The van der Waals surface area contributed by atoms with Gasteiger partial charge < -0.3 is 16.3 Å². The number of carbonyl (C=O) groups excluding carboxylic acids is 1. The number of amides is 1. The monoisotopic (exact) mass is 263 g/mol. The predicted molar refractivity (Wildman–Crippen MR) is 75.3 cm³/mol. The van der Waals surface area contributed by atoms with E-state index in [1.165, 1.54) is 0 Å². The van der Waals surface area contributed by atoms with Crippen molar-refractivity contribution in [3.8, 4) is 0 Å². The van der Waals surface area contributed by atoms with Crippen molar-refractivity contribution in [2.75, 3.05) is 6.54 Å². The van der Waals surface area contributed by atoms with Crippen molar-refractivity contribution < 1.29 is 10.0 Å². The van der Waals surface area contributed by atoms with Gasteiger partial charge in [0.05, 0.1) is 6.42 Å². The molecule has 0 saturated carbocycles. The Balaban J connectivity index is 2.37. The molecule has 1 amide bonds. The van der Waals surface area contributed by atoms with Crippen molar-refractivity contribution in [3.63, 3.8) is 0 Å². The third kappa shape index (κ3) is 5.42. The molecule has 0 unspecified atom stereocenters. The highest BCUT2D eigenvalue weighted by atomic mass is 16.4. The number of nitrogens with one attached hydrogen (secondary N) is 1. The van der Waals surface area contributed by atoms with Gasteiger partial charge in [-0.25, -0.2) is 0 Å². The first kappa shape index (κ1) is 15.0. The average Bonchev–Trinajstić information content (AvgIpc) is 2.38. The number of nitrogens with two attached hydrogens (primary N) is 1. The number of benzene rings is 1. The molecule has 1 aromatic carbocycles. The fraction of sp³-hybridized carbons (Fsp3) is 0.429. The quantitative estimate of drug-likeness (QED) is 0.239. The first-order valence-corrected chi connectivity index (χ1v) is 6.32. The van der Waals surface area contributed by atoms with Crippen LogP contribution in [-0.4, -0.2) is 23.5 Å². The Morgan fingerprint density at radius 3 is 2.84 bits per heavy atom. The lowest BCUT2D eigenvalue weighted by molar-refractivity contribution is -0.120. The van der Waals surface area contributed by atoms with Crippen LogP contribution < -0.4 is 11.1 Å². The summed E-state index contributed by atoms with van der Waals surface area (Å²) < 4.78 is 0. The summed E-state index contributed by atoms with van der Waals surface area (Å²) in [4.78, 5) is 11.8. The molecule has 5 heteroatoms. The summed E-state index contributed by atoms with van der Waals surface area (Å²) in [6.45, 7) is 4.54. The lowest BCUT2D eigenvalue weighted by Crippen LogP contribution is -2.27. The fourth-order valence-corrected chi connectivity index (χ4v) is 1.77. The van der Waals surface area contributed by atoms with Gasteiger partial charge in [-0.1, -0.05) is 28.9 Å². The van der Waals surface area contributed by atoms with E-state index in [0.29, 0.717) is 25.8 Å². The van der Waals surface area contributed by atoms with Crippen molar-refractivity contribution >= 4 is 11.7 Å². The van der Waals surface area contributed by atoms with Gasteiger partial charge in [0.25, 0.3) is 0 Å². The average molecular weight is 263 g/mol. The molecule has 0 bridgehead atoms. The smallest absolute Gasteiger partial charge is 0.224 e. The third-order valence-corrected chi connectivity index (χ3v) is 2.92.